The minimum atomic E-state index is -2.32. The van der Waals surface area contributed by atoms with E-state index in [1.165, 1.54) is 11.5 Å². The van der Waals surface area contributed by atoms with Crippen LogP contribution in [0.15, 0.2) is 78.1 Å². The molecule has 0 saturated carbocycles. The summed E-state index contributed by atoms with van der Waals surface area (Å²) < 4.78 is 18.7. The fourth-order valence-electron chi connectivity index (χ4n) is 4.64. The molecule has 0 bridgehead atoms. The molecule has 1 N–H and O–H groups in total. The third-order valence-electron chi connectivity index (χ3n) is 6.81. The van der Waals surface area contributed by atoms with Gasteiger partial charge in [0, 0.05) is 72.4 Å². The molecule has 10 nitrogen and oxygen atoms in total. The monoisotopic (exact) mass is 572 g/mol. The Hall–Kier alpha value is -4.29. The van der Waals surface area contributed by atoms with Gasteiger partial charge >= 0.3 is 0 Å². The lowest BCUT2D eigenvalue weighted by atomic mass is 10.1. The van der Waals surface area contributed by atoms with E-state index in [2.05, 4.69) is 25.4 Å². The van der Waals surface area contributed by atoms with Gasteiger partial charge in [0.05, 0.1) is 12.7 Å². The van der Waals surface area contributed by atoms with Crippen molar-refractivity contribution in [2.75, 3.05) is 49.2 Å². The van der Waals surface area contributed by atoms with Crippen LogP contribution in [0.25, 0.3) is 28.3 Å². The summed E-state index contributed by atoms with van der Waals surface area (Å²) in [7, 11) is -2.32. The summed E-state index contributed by atoms with van der Waals surface area (Å²) in [5, 5.41) is 4.19. The molecule has 1 amide bonds. The number of aromatic nitrogens is 5. The smallest absolute Gasteiger partial charge is 0.242 e. The van der Waals surface area contributed by atoms with E-state index < -0.39 is 9.52 Å². The summed E-state index contributed by atoms with van der Waals surface area (Å²) in [4.78, 5) is 31.6. The zero-order valence-corrected chi connectivity index (χ0v) is 23.6. The fourth-order valence-corrected chi connectivity index (χ4v) is 6.10. The molecule has 1 unspecified atom stereocenters. The van der Waals surface area contributed by atoms with Gasteiger partial charge in [-0.1, -0.05) is 42.5 Å². The Morgan fingerprint density at radius 3 is 2.50 bits per heavy atom. The number of fused-ring (bicyclic) bond motifs is 1. The number of nitrogens with one attached hydrogen (secondary N) is 1. The molecule has 3 aromatic heterocycles. The predicted molar refractivity (Wildman–Crippen MR) is 161 cm³/mol. The summed E-state index contributed by atoms with van der Waals surface area (Å²) in [6.07, 6.45) is 6.79. The lowest BCUT2D eigenvalue weighted by Crippen LogP contribution is -2.50. The Balaban J connectivity index is 1.13. The molecule has 1 aliphatic rings. The van der Waals surface area contributed by atoms with Crippen LogP contribution >= 0.6 is 11.5 Å². The van der Waals surface area contributed by atoms with Gasteiger partial charge < -0.3 is 15.1 Å². The largest absolute Gasteiger partial charge is 0.360 e. The Bertz CT molecular complexity index is 1760. The van der Waals surface area contributed by atoms with Crippen LogP contribution in [0.2, 0.25) is 0 Å². The number of carbonyl (C=O) groups excluding carboxylic acids is 1. The highest BCUT2D eigenvalue weighted by Crippen LogP contribution is 2.29. The lowest BCUT2D eigenvalue weighted by Gasteiger charge is -2.34. The van der Waals surface area contributed by atoms with Crippen molar-refractivity contribution in [1.82, 2.24) is 28.6 Å². The second kappa shape index (κ2) is 10.7. The zero-order chi connectivity index (χ0) is 27.7. The normalized spacial score (nSPS) is 15.2. The molecule has 6 rings (SSSR count). The predicted octanol–water partition coefficient (Wildman–Crippen LogP) is 3.38. The first-order valence-electron chi connectivity index (χ1n) is 12.8. The first-order chi connectivity index (χ1) is 19.4. The second-order valence-corrected chi connectivity index (χ2v) is 12.8. The molecular formula is C28H28N8O2S2. The summed E-state index contributed by atoms with van der Waals surface area (Å²) in [5.74, 6) is 5.20. The van der Waals surface area contributed by atoms with Crippen LogP contribution in [0.1, 0.15) is 0 Å². The van der Waals surface area contributed by atoms with Crippen molar-refractivity contribution in [2.45, 2.75) is 4.90 Å². The highest BCUT2D eigenvalue weighted by Gasteiger charge is 2.24. The number of benzene rings is 2. The number of anilines is 2. The average Bonchev–Trinajstić information content (AvgIpc) is 3.62. The van der Waals surface area contributed by atoms with Gasteiger partial charge in [0.15, 0.2) is 11.5 Å². The lowest BCUT2D eigenvalue weighted by molar-refractivity contribution is -0.129. The standard InChI is InChI=1S/C28H28N8O2S2/c1-40(2,38)22-10-8-20(9-11-22)25-27(36-13-12-29-18-23(36)31-25)30-19-24(37)34-14-16-35(17-15-34)28-32-26(33-39-28)21-6-4-3-5-7-21/h3-13,18,30H,1,14-17,19H2,2H3. The summed E-state index contributed by atoms with van der Waals surface area (Å²) in [6.45, 7) is 2.72. The number of piperazine rings is 1. The summed E-state index contributed by atoms with van der Waals surface area (Å²) in [6, 6.07) is 17.3. The van der Waals surface area contributed by atoms with Crippen LogP contribution in [0.4, 0.5) is 10.9 Å². The van der Waals surface area contributed by atoms with E-state index in [1.54, 1.807) is 18.6 Å². The van der Waals surface area contributed by atoms with Crippen molar-refractivity contribution in [3.63, 3.8) is 0 Å². The van der Waals surface area contributed by atoms with Gasteiger partial charge in [-0.05, 0) is 27.5 Å². The minimum absolute atomic E-state index is 0.00923. The number of amides is 1. The highest BCUT2D eigenvalue weighted by molar-refractivity contribution is 7.99. The molecule has 204 valence electrons. The molecule has 12 heteroatoms. The molecule has 0 spiro atoms. The average molecular weight is 573 g/mol. The van der Waals surface area contributed by atoms with Crippen LogP contribution < -0.4 is 10.2 Å². The van der Waals surface area contributed by atoms with Gasteiger partial charge in [-0.2, -0.15) is 9.36 Å². The van der Waals surface area contributed by atoms with Crippen LogP contribution in [-0.2, 0) is 14.3 Å². The quantitative estimate of drug-likeness (QED) is 0.296. The molecule has 1 atom stereocenters. The molecular weight excluding hydrogens is 544 g/mol. The number of hydrogen-bond acceptors (Lipinski definition) is 9. The van der Waals surface area contributed by atoms with E-state index in [0.717, 1.165) is 22.1 Å². The van der Waals surface area contributed by atoms with Gasteiger partial charge in [-0.25, -0.2) is 4.98 Å². The molecule has 0 radical (unpaired) electrons. The molecule has 1 aliphatic heterocycles. The number of nitrogens with zero attached hydrogens (tertiary/aromatic N) is 7. The molecule has 5 aromatic rings. The van der Waals surface area contributed by atoms with Crippen molar-refractivity contribution < 1.29 is 9.00 Å². The number of rotatable bonds is 7. The summed E-state index contributed by atoms with van der Waals surface area (Å²) >= 11 is 1.39. The van der Waals surface area contributed by atoms with Crippen LogP contribution in [0.3, 0.4) is 0 Å². The third kappa shape index (κ3) is 5.27. The Morgan fingerprint density at radius 1 is 1.02 bits per heavy atom. The minimum Gasteiger partial charge on any atom is -0.360 e. The van der Waals surface area contributed by atoms with E-state index in [-0.39, 0.29) is 12.5 Å². The number of carbonyl (C=O) groups is 1. The molecule has 0 aliphatic carbocycles. The van der Waals surface area contributed by atoms with Gasteiger partial charge in [0.2, 0.25) is 11.0 Å². The topological polar surface area (TPSA) is 109 Å². The molecule has 4 heterocycles. The van der Waals surface area contributed by atoms with Gasteiger partial charge in [-0.15, -0.1) is 0 Å². The van der Waals surface area contributed by atoms with Gasteiger partial charge in [0.1, 0.15) is 11.5 Å². The number of imidazole rings is 1. The fraction of sp³-hybridized carbons (Fsp3) is 0.214. The number of hydrogen-bond donors (Lipinski definition) is 1. The van der Waals surface area contributed by atoms with Crippen LogP contribution in [-0.4, -0.2) is 83.6 Å². The Morgan fingerprint density at radius 2 is 1.77 bits per heavy atom. The highest BCUT2D eigenvalue weighted by atomic mass is 32.2. The first kappa shape index (κ1) is 26.0. The van der Waals surface area contributed by atoms with Crippen molar-refractivity contribution in [3.8, 4) is 22.6 Å². The SMILES string of the molecule is C=S(C)(=O)c1ccc(-c2nc3cnccn3c2NCC(=O)N2CCN(c3nc(-c4ccccc4)ns3)CC2)cc1. The van der Waals surface area contributed by atoms with Crippen LogP contribution in [0, 0.1) is 0 Å². The molecule has 2 aromatic carbocycles. The van der Waals surface area contributed by atoms with E-state index in [0.29, 0.717) is 48.2 Å². The maximum atomic E-state index is 13.2. The zero-order valence-electron chi connectivity index (χ0n) is 21.9. The third-order valence-corrected chi connectivity index (χ3v) is 8.86. The van der Waals surface area contributed by atoms with Gasteiger partial charge in [-0.3, -0.25) is 18.4 Å². The van der Waals surface area contributed by atoms with Crippen molar-refractivity contribution in [1.29, 1.82) is 0 Å². The maximum absolute atomic E-state index is 13.2. The van der Waals surface area contributed by atoms with E-state index >= 15 is 0 Å². The van der Waals surface area contributed by atoms with Gasteiger partial charge in [0.25, 0.3) is 0 Å². The molecule has 1 fully saturated rings. The van der Waals surface area contributed by atoms with E-state index in [9.17, 15) is 9.00 Å². The van der Waals surface area contributed by atoms with Crippen molar-refractivity contribution in [3.05, 3.63) is 73.2 Å². The Kier molecular flexibility index (Phi) is 6.95. The molecule has 1 saturated heterocycles. The molecule has 40 heavy (non-hydrogen) atoms. The Labute approximate surface area is 236 Å². The van der Waals surface area contributed by atoms with E-state index in [1.807, 2.05) is 70.1 Å². The second-order valence-electron chi connectivity index (χ2n) is 9.63. The summed E-state index contributed by atoms with van der Waals surface area (Å²) in [5.41, 5.74) is 3.19. The van der Waals surface area contributed by atoms with Crippen molar-refractivity contribution >= 4 is 49.4 Å². The maximum Gasteiger partial charge on any atom is 0.242 e. The van der Waals surface area contributed by atoms with Crippen molar-refractivity contribution in [2.24, 2.45) is 0 Å². The van der Waals surface area contributed by atoms with Crippen LogP contribution in [0.5, 0.6) is 0 Å². The van der Waals surface area contributed by atoms with E-state index in [4.69, 9.17) is 9.97 Å². The first-order valence-corrected chi connectivity index (χ1v) is 15.7.